The van der Waals surface area contributed by atoms with Crippen LogP contribution in [0.25, 0.3) is 16.8 Å². The molecule has 0 aliphatic carbocycles. The molecule has 0 saturated carbocycles. The second kappa shape index (κ2) is 9.10. The van der Waals surface area contributed by atoms with E-state index in [1.54, 1.807) is 12.3 Å². The molecule has 0 radical (unpaired) electrons. The fraction of sp³-hybridized carbons (Fsp3) is 0.292. The Labute approximate surface area is 191 Å². The zero-order chi connectivity index (χ0) is 22.7. The molecule has 32 heavy (non-hydrogen) atoms. The molecule has 2 N–H and O–H groups in total. The van der Waals surface area contributed by atoms with Crippen LogP contribution in [0.1, 0.15) is 36.7 Å². The van der Waals surface area contributed by atoms with Crippen molar-refractivity contribution in [2.24, 2.45) is 0 Å². The van der Waals surface area contributed by atoms with Crippen molar-refractivity contribution in [1.29, 1.82) is 0 Å². The van der Waals surface area contributed by atoms with Crippen LogP contribution in [0, 0.1) is 0 Å². The summed E-state index contributed by atoms with van der Waals surface area (Å²) >= 11 is 1.35. The Kier molecular flexibility index (Phi) is 6.25. The average Bonchev–Trinajstić information content (AvgIpc) is 3.45. The maximum Gasteiger partial charge on any atom is 0.253 e. The molecule has 1 aromatic carbocycles. The van der Waals surface area contributed by atoms with Gasteiger partial charge in [0, 0.05) is 23.3 Å². The van der Waals surface area contributed by atoms with Gasteiger partial charge < -0.3 is 19.9 Å². The third kappa shape index (κ3) is 4.66. The van der Waals surface area contributed by atoms with Gasteiger partial charge in [-0.2, -0.15) is 0 Å². The quantitative estimate of drug-likeness (QED) is 0.566. The lowest BCUT2D eigenvalue weighted by Crippen LogP contribution is -2.48. The van der Waals surface area contributed by atoms with Crippen molar-refractivity contribution in [1.82, 2.24) is 14.9 Å². The van der Waals surface area contributed by atoms with Gasteiger partial charge in [-0.25, -0.2) is 4.98 Å². The lowest BCUT2D eigenvalue weighted by Gasteiger charge is -2.39. The Morgan fingerprint density at radius 3 is 2.81 bits per heavy atom. The number of nitrogens with zero attached hydrogens (tertiary/aromatic N) is 2. The van der Waals surface area contributed by atoms with Crippen LogP contribution in [0.4, 0.5) is 5.13 Å². The van der Waals surface area contributed by atoms with E-state index >= 15 is 0 Å². The first-order chi connectivity index (χ1) is 15.4. The second-order valence-corrected chi connectivity index (χ2v) is 8.98. The molecular weight excluding hydrogens is 424 g/mol. The molecule has 0 unspecified atom stereocenters. The van der Waals surface area contributed by atoms with E-state index in [2.05, 4.69) is 47.7 Å². The Balaban J connectivity index is 1.32. The van der Waals surface area contributed by atoms with Crippen LogP contribution in [-0.4, -0.2) is 41.1 Å². The molecule has 1 aliphatic rings. The van der Waals surface area contributed by atoms with Crippen molar-refractivity contribution in [3.63, 3.8) is 0 Å². The summed E-state index contributed by atoms with van der Waals surface area (Å²) in [5.74, 6) is -0.615. The fourth-order valence-electron chi connectivity index (χ4n) is 3.39. The molecule has 1 fully saturated rings. The van der Waals surface area contributed by atoms with E-state index < -0.39 is 0 Å². The summed E-state index contributed by atoms with van der Waals surface area (Å²) in [7, 11) is 0. The van der Waals surface area contributed by atoms with E-state index in [0.29, 0.717) is 23.9 Å². The molecule has 4 rings (SSSR count). The molecule has 7 nitrogen and oxygen atoms in total. The zero-order valence-corrected chi connectivity index (χ0v) is 19.2. The molecule has 3 heterocycles. The van der Waals surface area contributed by atoms with Crippen LogP contribution in [0.3, 0.4) is 0 Å². The summed E-state index contributed by atoms with van der Waals surface area (Å²) in [6.07, 6.45) is 5.71. The first-order valence-corrected chi connectivity index (χ1v) is 11.3. The zero-order valence-electron chi connectivity index (χ0n) is 18.3. The minimum absolute atomic E-state index is 0.108. The number of hydrogen-bond acceptors (Lipinski definition) is 5. The standard InChI is InChI=1S/C24H26N4O3S/c1-4-16(2)17-6-5-7-18(10-17)20-13-32-23(26-20)27-21(29)11-25-22(30)19-8-9-28(12-19)24(3)14-31-15-24/h4-10,12-13H,11,14-15H2,1-3H3,(H,25,30)(H,26,27,29)/b16-4+. The van der Waals surface area contributed by atoms with Crippen LogP contribution in [-0.2, 0) is 15.1 Å². The maximum atomic E-state index is 12.4. The maximum absolute atomic E-state index is 12.4. The minimum Gasteiger partial charge on any atom is -0.376 e. The van der Waals surface area contributed by atoms with Gasteiger partial charge in [0.15, 0.2) is 5.13 Å². The van der Waals surface area contributed by atoms with Gasteiger partial charge in [0.05, 0.1) is 36.6 Å². The van der Waals surface area contributed by atoms with Gasteiger partial charge in [-0.15, -0.1) is 11.3 Å². The number of ether oxygens (including phenoxy) is 1. The number of anilines is 1. The van der Waals surface area contributed by atoms with Crippen molar-refractivity contribution >= 4 is 33.9 Å². The number of rotatable bonds is 7. The van der Waals surface area contributed by atoms with Crippen molar-refractivity contribution in [2.45, 2.75) is 26.3 Å². The normalized spacial score (nSPS) is 15.2. The number of carbonyl (C=O) groups excluding carboxylic acids is 2. The molecule has 1 saturated heterocycles. The van der Waals surface area contributed by atoms with Crippen LogP contribution >= 0.6 is 11.3 Å². The van der Waals surface area contributed by atoms with E-state index in [9.17, 15) is 9.59 Å². The summed E-state index contributed by atoms with van der Waals surface area (Å²) in [5.41, 5.74) is 4.53. The van der Waals surface area contributed by atoms with Crippen LogP contribution in [0.2, 0.25) is 0 Å². The van der Waals surface area contributed by atoms with Gasteiger partial charge >= 0.3 is 0 Å². The number of benzene rings is 1. The Morgan fingerprint density at radius 1 is 1.28 bits per heavy atom. The molecule has 1 aliphatic heterocycles. The van der Waals surface area contributed by atoms with Gasteiger partial charge in [-0.05, 0) is 44.0 Å². The number of amides is 2. The van der Waals surface area contributed by atoms with Gasteiger partial charge in [0.25, 0.3) is 5.91 Å². The lowest BCUT2D eigenvalue weighted by atomic mass is 10.0. The summed E-state index contributed by atoms with van der Waals surface area (Å²) in [5, 5.41) is 7.82. The van der Waals surface area contributed by atoms with E-state index in [1.807, 2.05) is 35.2 Å². The molecule has 0 atom stereocenters. The predicted octanol–water partition coefficient (Wildman–Crippen LogP) is 4.15. The summed E-state index contributed by atoms with van der Waals surface area (Å²) in [6.45, 7) is 7.27. The molecule has 3 aromatic rings. The number of aromatic nitrogens is 2. The number of carbonyl (C=O) groups is 2. The summed E-state index contributed by atoms with van der Waals surface area (Å²) in [6, 6.07) is 9.88. The molecule has 2 amide bonds. The highest BCUT2D eigenvalue weighted by Crippen LogP contribution is 2.28. The van der Waals surface area contributed by atoms with Crippen molar-refractivity contribution in [3.8, 4) is 11.3 Å². The lowest BCUT2D eigenvalue weighted by molar-refractivity contribution is -0.115. The minimum atomic E-state index is -0.323. The smallest absolute Gasteiger partial charge is 0.253 e. The molecule has 0 bridgehead atoms. The topological polar surface area (TPSA) is 85.2 Å². The van der Waals surface area contributed by atoms with E-state index in [0.717, 1.165) is 16.8 Å². The molecule has 2 aromatic heterocycles. The highest BCUT2D eigenvalue weighted by Gasteiger charge is 2.35. The highest BCUT2D eigenvalue weighted by molar-refractivity contribution is 7.14. The number of nitrogens with one attached hydrogen (secondary N) is 2. The summed E-state index contributed by atoms with van der Waals surface area (Å²) in [4.78, 5) is 29.2. The Morgan fingerprint density at radius 2 is 2.09 bits per heavy atom. The van der Waals surface area contributed by atoms with E-state index in [1.165, 1.54) is 16.9 Å². The third-order valence-electron chi connectivity index (χ3n) is 5.61. The van der Waals surface area contributed by atoms with Crippen molar-refractivity contribution < 1.29 is 14.3 Å². The molecule has 8 heteroatoms. The van der Waals surface area contributed by atoms with Crippen LogP contribution < -0.4 is 10.6 Å². The fourth-order valence-corrected chi connectivity index (χ4v) is 4.13. The summed E-state index contributed by atoms with van der Waals surface area (Å²) < 4.78 is 7.25. The monoisotopic (exact) mass is 450 g/mol. The number of thiazole rings is 1. The first kappa shape index (κ1) is 22.0. The van der Waals surface area contributed by atoms with Gasteiger partial charge in [0.2, 0.25) is 5.91 Å². The molecule has 166 valence electrons. The Bertz CT molecular complexity index is 1170. The largest absolute Gasteiger partial charge is 0.376 e. The number of allylic oxidation sites excluding steroid dienone is 2. The SMILES string of the molecule is C/C=C(\C)c1cccc(-c2csc(NC(=O)CNC(=O)c3ccn(C4(C)COC4)c3)n2)c1. The Hall–Kier alpha value is -3.23. The number of hydrogen-bond donors (Lipinski definition) is 2. The van der Waals surface area contributed by atoms with Crippen LogP contribution in [0.15, 0.2) is 54.2 Å². The van der Waals surface area contributed by atoms with E-state index in [4.69, 9.17) is 4.74 Å². The van der Waals surface area contributed by atoms with Gasteiger partial charge in [0.1, 0.15) is 0 Å². The van der Waals surface area contributed by atoms with Crippen molar-refractivity contribution in [3.05, 3.63) is 65.3 Å². The molecular formula is C24H26N4O3S. The average molecular weight is 451 g/mol. The second-order valence-electron chi connectivity index (χ2n) is 8.12. The van der Waals surface area contributed by atoms with Crippen molar-refractivity contribution in [2.75, 3.05) is 25.1 Å². The predicted molar refractivity (Wildman–Crippen MR) is 127 cm³/mol. The van der Waals surface area contributed by atoms with Gasteiger partial charge in [-0.1, -0.05) is 24.3 Å². The van der Waals surface area contributed by atoms with E-state index in [-0.39, 0.29) is 23.9 Å². The van der Waals surface area contributed by atoms with Gasteiger partial charge in [-0.3, -0.25) is 9.59 Å². The highest BCUT2D eigenvalue weighted by atomic mass is 32.1. The molecule has 0 spiro atoms. The third-order valence-corrected chi connectivity index (χ3v) is 6.37. The van der Waals surface area contributed by atoms with Crippen LogP contribution in [0.5, 0.6) is 0 Å². The first-order valence-electron chi connectivity index (χ1n) is 10.4.